The van der Waals surface area contributed by atoms with Crippen molar-refractivity contribution in [2.45, 2.75) is 6.18 Å². The molecule has 0 atom stereocenters. The zero-order valence-electron chi connectivity index (χ0n) is 14.1. The Morgan fingerprint density at radius 2 is 1.89 bits per heavy atom. The lowest BCUT2D eigenvalue weighted by atomic mass is 10.1. The van der Waals surface area contributed by atoms with Gasteiger partial charge in [-0.05, 0) is 29.7 Å². The number of rotatable bonds is 4. The van der Waals surface area contributed by atoms with Gasteiger partial charge in [-0.3, -0.25) is 5.10 Å². The van der Waals surface area contributed by atoms with Gasteiger partial charge in [0, 0.05) is 36.7 Å². The highest BCUT2D eigenvalue weighted by molar-refractivity contribution is 5.95. The molecule has 7 nitrogen and oxygen atoms in total. The van der Waals surface area contributed by atoms with Crippen LogP contribution in [0.1, 0.15) is 0 Å². The number of halogens is 3. The molecule has 0 saturated carbocycles. The largest absolute Gasteiger partial charge is 0.405 e. The number of H-pyrrole nitrogens is 1. The number of nitrogens with one attached hydrogen (secondary N) is 2. The molecule has 0 fully saturated rings. The van der Waals surface area contributed by atoms with Crippen LogP contribution >= 0.6 is 0 Å². The van der Waals surface area contributed by atoms with Crippen molar-refractivity contribution < 1.29 is 13.2 Å². The SMILES string of the molecule is CN(CC(F)(F)F)c1nccc2cc(Nc3[nH]nc4nccnc34)ccc12. The van der Waals surface area contributed by atoms with Crippen LogP contribution in [-0.2, 0) is 0 Å². The van der Waals surface area contributed by atoms with Crippen molar-refractivity contribution in [1.82, 2.24) is 25.1 Å². The van der Waals surface area contributed by atoms with E-state index < -0.39 is 12.7 Å². The first kappa shape index (κ1) is 17.0. The number of anilines is 3. The highest BCUT2D eigenvalue weighted by atomic mass is 19.4. The monoisotopic (exact) mass is 373 g/mol. The summed E-state index contributed by atoms with van der Waals surface area (Å²) in [7, 11) is 1.37. The van der Waals surface area contributed by atoms with E-state index in [0.717, 1.165) is 16.0 Å². The quantitative estimate of drug-likeness (QED) is 0.568. The van der Waals surface area contributed by atoms with E-state index in [-0.39, 0.29) is 5.82 Å². The van der Waals surface area contributed by atoms with Crippen molar-refractivity contribution in [1.29, 1.82) is 0 Å². The predicted octanol–water partition coefficient (Wildman–Crippen LogP) is 3.64. The molecule has 0 unspecified atom stereocenters. The molecule has 0 bridgehead atoms. The fourth-order valence-electron chi connectivity index (χ4n) is 2.87. The maximum atomic E-state index is 12.7. The van der Waals surface area contributed by atoms with Gasteiger partial charge < -0.3 is 10.2 Å². The molecule has 138 valence electrons. The molecule has 0 aliphatic carbocycles. The Kier molecular flexibility index (Phi) is 4.02. The van der Waals surface area contributed by atoms with Crippen molar-refractivity contribution in [2.75, 3.05) is 23.8 Å². The van der Waals surface area contributed by atoms with Crippen LogP contribution in [0.25, 0.3) is 21.9 Å². The first-order chi connectivity index (χ1) is 12.9. The van der Waals surface area contributed by atoms with Crippen molar-refractivity contribution in [2.24, 2.45) is 0 Å². The molecule has 0 radical (unpaired) electrons. The van der Waals surface area contributed by atoms with Gasteiger partial charge in [-0.2, -0.15) is 18.3 Å². The van der Waals surface area contributed by atoms with Crippen molar-refractivity contribution in [3.63, 3.8) is 0 Å². The van der Waals surface area contributed by atoms with Gasteiger partial charge in [-0.1, -0.05) is 0 Å². The summed E-state index contributed by atoms with van der Waals surface area (Å²) in [6, 6.07) is 7.07. The number of hydrogen-bond donors (Lipinski definition) is 2. The summed E-state index contributed by atoms with van der Waals surface area (Å²) in [4.78, 5) is 13.5. The molecule has 0 spiro atoms. The number of fused-ring (bicyclic) bond motifs is 2. The van der Waals surface area contributed by atoms with E-state index in [2.05, 4.69) is 30.5 Å². The minimum Gasteiger partial charge on any atom is -0.350 e. The molecule has 27 heavy (non-hydrogen) atoms. The molecule has 0 saturated heterocycles. The van der Waals surface area contributed by atoms with Gasteiger partial charge >= 0.3 is 6.18 Å². The van der Waals surface area contributed by atoms with Crippen LogP contribution in [0.3, 0.4) is 0 Å². The Hall–Kier alpha value is -3.43. The van der Waals surface area contributed by atoms with Gasteiger partial charge in [-0.25, -0.2) is 15.0 Å². The topological polar surface area (TPSA) is 82.6 Å². The van der Waals surface area contributed by atoms with Crippen LogP contribution in [0.4, 0.5) is 30.5 Å². The summed E-state index contributed by atoms with van der Waals surface area (Å²) in [5.74, 6) is 0.857. The summed E-state index contributed by atoms with van der Waals surface area (Å²) < 4.78 is 38.1. The van der Waals surface area contributed by atoms with Crippen molar-refractivity contribution in [3.05, 3.63) is 42.9 Å². The third kappa shape index (κ3) is 3.46. The molecule has 4 aromatic rings. The molecular weight excluding hydrogens is 359 g/mol. The van der Waals surface area contributed by atoms with Crippen LogP contribution in [-0.4, -0.2) is 44.9 Å². The molecule has 3 heterocycles. The lowest BCUT2D eigenvalue weighted by molar-refractivity contribution is -0.119. The van der Waals surface area contributed by atoms with Gasteiger partial charge in [0.15, 0.2) is 11.3 Å². The molecule has 3 aromatic heterocycles. The van der Waals surface area contributed by atoms with Crippen LogP contribution < -0.4 is 10.2 Å². The number of alkyl halides is 3. The van der Waals surface area contributed by atoms with Gasteiger partial charge in [0.1, 0.15) is 12.4 Å². The lowest BCUT2D eigenvalue weighted by Gasteiger charge is -2.21. The first-order valence-electron chi connectivity index (χ1n) is 7.99. The predicted molar refractivity (Wildman–Crippen MR) is 96.0 cm³/mol. The lowest BCUT2D eigenvalue weighted by Crippen LogP contribution is -2.31. The maximum absolute atomic E-state index is 12.7. The Morgan fingerprint density at radius 1 is 1.07 bits per heavy atom. The minimum absolute atomic E-state index is 0.272. The number of aromatic amines is 1. The van der Waals surface area contributed by atoms with Crippen molar-refractivity contribution in [3.8, 4) is 0 Å². The number of aromatic nitrogens is 5. The number of nitrogens with zero attached hydrogens (tertiary/aromatic N) is 5. The molecule has 0 aliphatic rings. The van der Waals surface area contributed by atoms with Crippen molar-refractivity contribution >= 4 is 39.3 Å². The van der Waals surface area contributed by atoms with E-state index in [0.29, 0.717) is 22.4 Å². The van der Waals surface area contributed by atoms with E-state index in [1.54, 1.807) is 30.6 Å². The van der Waals surface area contributed by atoms with E-state index in [4.69, 9.17) is 0 Å². The zero-order chi connectivity index (χ0) is 19.0. The molecule has 10 heteroatoms. The molecule has 4 rings (SSSR count). The van der Waals surface area contributed by atoms with E-state index >= 15 is 0 Å². The molecule has 0 amide bonds. The highest BCUT2D eigenvalue weighted by Gasteiger charge is 2.30. The van der Waals surface area contributed by atoms with E-state index in [1.807, 2.05) is 6.07 Å². The van der Waals surface area contributed by atoms with E-state index in [1.165, 1.54) is 13.2 Å². The van der Waals surface area contributed by atoms with Crippen LogP contribution in [0, 0.1) is 0 Å². The summed E-state index contributed by atoms with van der Waals surface area (Å²) in [5, 5.41) is 11.5. The third-order valence-electron chi connectivity index (χ3n) is 3.98. The van der Waals surface area contributed by atoms with Gasteiger partial charge in [0.2, 0.25) is 5.65 Å². The Labute approximate surface area is 151 Å². The molecule has 2 N–H and O–H groups in total. The average molecular weight is 373 g/mol. The second-order valence-corrected chi connectivity index (χ2v) is 5.99. The highest BCUT2D eigenvalue weighted by Crippen LogP contribution is 2.29. The Balaban J connectivity index is 1.67. The van der Waals surface area contributed by atoms with Gasteiger partial charge in [0.05, 0.1) is 0 Å². The fourth-order valence-corrected chi connectivity index (χ4v) is 2.87. The molecule has 1 aromatic carbocycles. The second kappa shape index (κ2) is 6.38. The standard InChI is InChI=1S/C17H14F3N7/c1-27(9-17(18,19)20)16-12-3-2-11(8-10(12)4-5-23-16)24-15-13-14(25-26-15)22-7-6-21-13/h2-8H,9H2,1H3,(H2,22,24,25,26). The summed E-state index contributed by atoms with van der Waals surface area (Å²) >= 11 is 0. The maximum Gasteiger partial charge on any atom is 0.405 e. The number of pyridine rings is 1. The van der Waals surface area contributed by atoms with Gasteiger partial charge in [-0.15, -0.1) is 0 Å². The molecule has 0 aliphatic heterocycles. The zero-order valence-corrected chi connectivity index (χ0v) is 14.1. The number of hydrogen-bond acceptors (Lipinski definition) is 6. The number of benzene rings is 1. The van der Waals surface area contributed by atoms with Gasteiger partial charge in [0.25, 0.3) is 0 Å². The van der Waals surface area contributed by atoms with Crippen LogP contribution in [0.15, 0.2) is 42.9 Å². The minimum atomic E-state index is -4.30. The first-order valence-corrected chi connectivity index (χ1v) is 7.99. The Morgan fingerprint density at radius 3 is 2.70 bits per heavy atom. The Bertz CT molecular complexity index is 1110. The molecular formula is C17H14F3N7. The second-order valence-electron chi connectivity index (χ2n) is 5.99. The fraction of sp³-hybridized carbons (Fsp3) is 0.176. The van der Waals surface area contributed by atoms with Crippen LogP contribution in [0.2, 0.25) is 0 Å². The average Bonchev–Trinajstić information content (AvgIpc) is 3.03. The summed E-state index contributed by atoms with van der Waals surface area (Å²) in [6.07, 6.45) is 0.307. The summed E-state index contributed by atoms with van der Waals surface area (Å²) in [6.45, 7) is -1.07. The normalized spacial score (nSPS) is 11.9. The summed E-state index contributed by atoms with van der Waals surface area (Å²) in [5.41, 5.74) is 1.81. The van der Waals surface area contributed by atoms with Crippen LogP contribution in [0.5, 0.6) is 0 Å². The van der Waals surface area contributed by atoms with E-state index in [9.17, 15) is 13.2 Å². The smallest absolute Gasteiger partial charge is 0.350 e. The third-order valence-corrected chi connectivity index (χ3v) is 3.98.